The van der Waals surface area contributed by atoms with Gasteiger partial charge in [0, 0.05) is 11.8 Å². The molecule has 0 saturated heterocycles. The highest BCUT2D eigenvalue weighted by molar-refractivity contribution is 5.61. The standard InChI is InChI=1S/C18H22N4O3/c1-12(2)24-16-8-14(10-19)7-15(9-16)18-20-11-22(21-18)6-5-17(23)25-13(3)4/h5-9,11-13,17,23H,1-4H3. The molecule has 0 amide bonds. The van der Waals surface area contributed by atoms with E-state index in [1.807, 2.05) is 27.7 Å². The van der Waals surface area contributed by atoms with Crippen LogP contribution < -0.4 is 4.74 Å². The first-order valence-electron chi connectivity index (χ1n) is 8.02. The normalized spacial score (nSPS) is 12.7. The molecule has 0 bridgehead atoms. The molecule has 7 nitrogen and oxygen atoms in total. The van der Waals surface area contributed by atoms with Crippen LogP contribution in [0.15, 0.2) is 30.6 Å². The first-order valence-corrected chi connectivity index (χ1v) is 8.02. The van der Waals surface area contributed by atoms with E-state index in [4.69, 9.17) is 9.47 Å². The molecule has 1 aromatic carbocycles. The molecule has 1 N–H and O–H groups in total. The zero-order chi connectivity index (χ0) is 18.4. The molecule has 0 aliphatic carbocycles. The van der Waals surface area contributed by atoms with E-state index in [0.29, 0.717) is 22.7 Å². The van der Waals surface area contributed by atoms with E-state index in [1.165, 1.54) is 17.1 Å². The third kappa shape index (κ3) is 5.71. The number of ether oxygens (including phenoxy) is 2. The lowest BCUT2D eigenvalue weighted by Gasteiger charge is -2.10. The van der Waals surface area contributed by atoms with E-state index in [0.717, 1.165) is 0 Å². The number of rotatable bonds is 7. The third-order valence-electron chi connectivity index (χ3n) is 2.99. The number of nitriles is 1. The van der Waals surface area contributed by atoms with Crippen molar-refractivity contribution in [2.45, 2.75) is 46.2 Å². The molecular formula is C18H22N4O3. The summed E-state index contributed by atoms with van der Waals surface area (Å²) < 4.78 is 12.3. The minimum absolute atomic E-state index is 0.00214. The highest BCUT2D eigenvalue weighted by atomic mass is 16.6. The summed E-state index contributed by atoms with van der Waals surface area (Å²) in [7, 11) is 0. The van der Waals surface area contributed by atoms with Crippen LogP contribution in [-0.2, 0) is 4.74 Å². The van der Waals surface area contributed by atoms with Gasteiger partial charge in [0.1, 0.15) is 12.1 Å². The largest absolute Gasteiger partial charge is 0.491 e. The number of aliphatic hydroxyl groups is 1. The smallest absolute Gasteiger partial charge is 0.181 e. The number of hydrogen-bond acceptors (Lipinski definition) is 6. The van der Waals surface area contributed by atoms with Crippen LogP contribution in [0, 0.1) is 11.3 Å². The van der Waals surface area contributed by atoms with Crippen molar-refractivity contribution in [1.29, 1.82) is 5.26 Å². The fraction of sp³-hybridized carbons (Fsp3) is 0.389. The summed E-state index contributed by atoms with van der Waals surface area (Å²) >= 11 is 0. The Labute approximate surface area is 147 Å². The van der Waals surface area contributed by atoms with E-state index in [-0.39, 0.29) is 12.2 Å². The number of nitrogens with zero attached hydrogens (tertiary/aromatic N) is 4. The first-order chi connectivity index (χ1) is 11.9. The molecule has 1 unspecified atom stereocenters. The molecule has 0 aliphatic heterocycles. The average Bonchev–Trinajstić information content (AvgIpc) is 3.00. The van der Waals surface area contributed by atoms with E-state index in [1.54, 1.807) is 24.4 Å². The second kappa shape index (κ2) is 8.42. The van der Waals surface area contributed by atoms with Crippen LogP contribution in [0.25, 0.3) is 17.6 Å². The minimum atomic E-state index is -1.01. The van der Waals surface area contributed by atoms with Gasteiger partial charge in [-0.15, -0.1) is 5.10 Å². The molecule has 0 radical (unpaired) electrons. The Bertz CT molecular complexity index is 775. The summed E-state index contributed by atoms with van der Waals surface area (Å²) in [6.45, 7) is 7.51. The highest BCUT2D eigenvalue weighted by Gasteiger charge is 2.09. The predicted octanol–water partition coefficient (Wildman–Crippen LogP) is 2.82. The van der Waals surface area contributed by atoms with Crippen molar-refractivity contribution in [3.8, 4) is 23.2 Å². The van der Waals surface area contributed by atoms with Crippen LogP contribution in [0.4, 0.5) is 0 Å². The quantitative estimate of drug-likeness (QED) is 0.778. The Morgan fingerprint density at radius 1 is 1.20 bits per heavy atom. The van der Waals surface area contributed by atoms with Crippen LogP contribution in [-0.4, -0.2) is 38.4 Å². The average molecular weight is 342 g/mol. The van der Waals surface area contributed by atoms with Crippen molar-refractivity contribution < 1.29 is 14.6 Å². The van der Waals surface area contributed by atoms with Crippen molar-refractivity contribution in [2.75, 3.05) is 0 Å². The van der Waals surface area contributed by atoms with Crippen molar-refractivity contribution in [2.24, 2.45) is 0 Å². The fourth-order valence-electron chi connectivity index (χ4n) is 2.10. The van der Waals surface area contributed by atoms with Gasteiger partial charge in [-0.05, 0) is 52.0 Å². The molecule has 25 heavy (non-hydrogen) atoms. The number of aliphatic hydroxyl groups excluding tert-OH is 1. The predicted molar refractivity (Wildman–Crippen MR) is 93.5 cm³/mol. The van der Waals surface area contributed by atoms with Gasteiger partial charge in [-0.3, -0.25) is 0 Å². The van der Waals surface area contributed by atoms with Crippen LogP contribution in [0.1, 0.15) is 33.3 Å². The number of benzene rings is 1. The lowest BCUT2D eigenvalue weighted by Crippen LogP contribution is -2.14. The number of hydrogen-bond donors (Lipinski definition) is 1. The molecular weight excluding hydrogens is 320 g/mol. The van der Waals surface area contributed by atoms with Gasteiger partial charge in [-0.1, -0.05) is 0 Å². The summed E-state index contributed by atoms with van der Waals surface area (Å²) in [6.07, 6.45) is 3.44. The van der Waals surface area contributed by atoms with Gasteiger partial charge in [-0.25, -0.2) is 9.67 Å². The second-order valence-corrected chi connectivity index (χ2v) is 5.99. The van der Waals surface area contributed by atoms with E-state index < -0.39 is 6.29 Å². The zero-order valence-electron chi connectivity index (χ0n) is 14.7. The molecule has 0 saturated carbocycles. The van der Waals surface area contributed by atoms with Crippen LogP contribution in [0.3, 0.4) is 0 Å². The Balaban J connectivity index is 2.21. The minimum Gasteiger partial charge on any atom is -0.491 e. The third-order valence-corrected chi connectivity index (χ3v) is 2.99. The Morgan fingerprint density at radius 3 is 2.60 bits per heavy atom. The van der Waals surface area contributed by atoms with E-state index >= 15 is 0 Å². The van der Waals surface area contributed by atoms with Gasteiger partial charge in [0.15, 0.2) is 12.1 Å². The molecule has 2 aromatic rings. The molecule has 2 rings (SSSR count). The van der Waals surface area contributed by atoms with Crippen molar-refractivity contribution in [3.05, 3.63) is 36.2 Å². The maximum absolute atomic E-state index is 9.67. The molecule has 7 heteroatoms. The monoisotopic (exact) mass is 342 g/mol. The summed E-state index contributed by atoms with van der Waals surface area (Å²) in [5.74, 6) is 1.05. The van der Waals surface area contributed by atoms with E-state index in [9.17, 15) is 10.4 Å². The van der Waals surface area contributed by atoms with Gasteiger partial charge < -0.3 is 14.6 Å². The summed E-state index contributed by atoms with van der Waals surface area (Å²) in [4.78, 5) is 4.23. The summed E-state index contributed by atoms with van der Waals surface area (Å²) in [5.41, 5.74) is 1.15. The zero-order valence-corrected chi connectivity index (χ0v) is 14.7. The van der Waals surface area contributed by atoms with Crippen LogP contribution in [0.5, 0.6) is 5.75 Å². The van der Waals surface area contributed by atoms with Gasteiger partial charge in [0.2, 0.25) is 0 Å². The van der Waals surface area contributed by atoms with Crippen LogP contribution in [0.2, 0.25) is 0 Å². The molecule has 1 aromatic heterocycles. The van der Waals surface area contributed by atoms with Gasteiger partial charge in [-0.2, -0.15) is 5.26 Å². The van der Waals surface area contributed by atoms with Crippen LogP contribution >= 0.6 is 0 Å². The maximum Gasteiger partial charge on any atom is 0.181 e. The maximum atomic E-state index is 9.67. The van der Waals surface area contributed by atoms with E-state index in [2.05, 4.69) is 16.2 Å². The molecule has 1 atom stereocenters. The summed E-state index contributed by atoms with van der Waals surface area (Å²) in [6, 6.07) is 7.28. The molecule has 0 aliphatic rings. The molecule has 132 valence electrons. The topological polar surface area (TPSA) is 93.2 Å². The summed E-state index contributed by atoms with van der Waals surface area (Å²) in [5, 5.41) is 23.2. The Morgan fingerprint density at radius 2 is 1.96 bits per heavy atom. The van der Waals surface area contributed by atoms with Gasteiger partial charge >= 0.3 is 0 Å². The number of aromatic nitrogens is 3. The van der Waals surface area contributed by atoms with Gasteiger partial charge in [0.05, 0.1) is 23.8 Å². The lowest BCUT2D eigenvalue weighted by atomic mass is 10.1. The van der Waals surface area contributed by atoms with Gasteiger partial charge in [0.25, 0.3) is 0 Å². The second-order valence-electron chi connectivity index (χ2n) is 5.99. The SMILES string of the molecule is CC(C)Oc1cc(C#N)cc(-c2ncn(C=CC(O)OC(C)C)n2)c1. The lowest BCUT2D eigenvalue weighted by molar-refractivity contribution is -0.0921. The Kier molecular flexibility index (Phi) is 6.28. The fourth-order valence-corrected chi connectivity index (χ4v) is 2.10. The van der Waals surface area contributed by atoms with Crippen molar-refractivity contribution in [1.82, 2.24) is 14.8 Å². The molecule has 1 heterocycles. The molecule has 0 spiro atoms. The first kappa shape index (κ1) is 18.6. The Hall–Kier alpha value is -2.69. The van der Waals surface area contributed by atoms with Crippen molar-refractivity contribution in [3.63, 3.8) is 0 Å². The van der Waals surface area contributed by atoms with Crippen molar-refractivity contribution >= 4 is 6.20 Å². The molecule has 0 fully saturated rings. The highest BCUT2D eigenvalue weighted by Crippen LogP contribution is 2.24.